The molecule has 0 saturated heterocycles. The zero-order valence-electron chi connectivity index (χ0n) is 8.07. The maximum absolute atomic E-state index is 4.40. The van der Waals surface area contributed by atoms with E-state index in [4.69, 9.17) is 0 Å². The summed E-state index contributed by atoms with van der Waals surface area (Å²) in [6.45, 7) is 3.11. The van der Waals surface area contributed by atoms with E-state index in [2.05, 4.69) is 42.4 Å². The third kappa shape index (κ3) is 1.57. The lowest BCUT2D eigenvalue weighted by atomic mass is 9.96. The molecule has 2 rings (SSSR count). The molecule has 1 aromatic rings. The minimum Gasteiger partial charge on any atom is -0.299 e. The summed E-state index contributed by atoms with van der Waals surface area (Å²) < 4.78 is 0. The molecule has 13 heavy (non-hydrogen) atoms. The molecule has 68 valence electrons. The van der Waals surface area contributed by atoms with Gasteiger partial charge in [-0.2, -0.15) is 5.10 Å². The van der Waals surface area contributed by atoms with Crippen LogP contribution in [0.25, 0.3) is 0 Å². The van der Waals surface area contributed by atoms with Crippen molar-refractivity contribution < 1.29 is 0 Å². The summed E-state index contributed by atoms with van der Waals surface area (Å²) in [5.41, 5.74) is 2.59. The van der Waals surface area contributed by atoms with Gasteiger partial charge in [0.25, 0.3) is 0 Å². The smallest absolute Gasteiger partial charge is 0.0479 e. The third-order valence-corrected chi connectivity index (χ3v) is 2.48. The van der Waals surface area contributed by atoms with Crippen LogP contribution in [0.1, 0.15) is 18.4 Å². The van der Waals surface area contributed by atoms with Gasteiger partial charge in [-0.1, -0.05) is 30.3 Å². The number of nitrogens with zero attached hydrogens (tertiary/aromatic N) is 2. The van der Waals surface area contributed by atoms with Gasteiger partial charge in [-0.15, -0.1) is 0 Å². The van der Waals surface area contributed by atoms with Crippen molar-refractivity contribution in [2.45, 2.75) is 12.8 Å². The van der Waals surface area contributed by atoms with E-state index in [0.717, 1.165) is 6.54 Å². The average Bonchev–Trinajstić information content (AvgIpc) is 2.47. The number of hydrazone groups is 1. The quantitative estimate of drug-likeness (QED) is 0.636. The zero-order chi connectivity index (χ0) is 9.26. The molecule has 1 aliphatic heterocycles. The molecule has 1 atom stereocenters. The van der Waals surface area contributed by atoms with Crippen LogP contribution in [0.5, 0.6) is 0 Å². The molecule has 0 radical (unpaired) electrons. The average molecular weight is 174 g/mol. The Morgan fingerprint density at radius 1 is 1.31 bits per heavy atom. The topological polar surface area (TPSA) is 15.6 Å². The van der Waals surface area contributed by atoms with E-state index >= 15 is 0 Å². The number of rotatable bonds is 1. The van der Waals surface area contributed by atoms with Crippen molar-refractivity contribution in [2.75, 3.05) is 13.6 Å². The Morgan fingerprint density at radius 2 is 2.00 bits per heavy atom. The molecule has 0 aromatic heterocycles. The highest BCUT2D eigenvalue weighted by Crippen LogP contribution is 2.23. The van der Waals surface area contributed by atoms with Crippen LogP contribution in [0, 0.1) is 0 Å². The summed E-state index contributed by atoms with van der Waals surface area (Å²) in [6.07, 6.45) is 0. The minimum absolute atomic E-state index is 0.492. The highest BCUT2D eigenvalue weighted by atomic mass is 15.5. The highest BCUT2D eigenvalue weighted by molar-refractivity contribution is 5.90. The first-order chi connectivity index (χ1) is 6.27. The first-order valence-electron chi connectivity index (χ1n) is 4.58. The Bertz CT molecular complexity index is 316. The van der Waals surface area contributed by atoms with Gasteiger partial charge in [0.1, 0.15) is 0 Å². The first-order valence-corrected chi connectivity index (χ1v) is 4.58. The molecule has 0 N–H and O–H groups in total. The molecular weight excluding hydrogens is 160 g/mol. The van der Waals surface area contributed by atoms with Crippen molar-refractivity contribution in [3.05, 3.63) is 35.9 Å². The molecule has 2 nitrogen and oxygen atoms in total. The van der Waals surface area contributed by atoms with Crippen LogP contribution in [0.4, 0.5) is 0 Å². The van der Waals surface area contributed by atoms with Gasteiger partial charge in [0.15, 0.2) is 0 Å². The summed E-state index contributed by atoms with van der Waals surface area (Å²) in [4.78, 5) is 0. The summed E-state index contributed by atoms with van der Waals surface area (Å²) in [5.74, 6) is 0.492. The maximum atomic E-state index is 4.40. The van der Waals surface area contributed by atoms with Gasteiger partial charge in [-0.05, 0) is 12.5 Å². The molecular formula is C11H14N2. The molecule has 1 aliphatic rings. The second-order valence-electron chi connectivity index (χ2n) is 3.54. The first kappa shape index (κ1) is 8.30. The lowest BCUT2D eigenvalue weighted by Gasteiger charge is -2.11. The van der Waals surface area contributed by atoms with Crippen LogP contribution in [-0.4, -0.2) is 24.3 Å². The molecule has 2 heteroatoms. The Kier molecular flexibility index (Phi) is 2.05. The molecule has 1 heterocycles. The van der Waals surface area contributed by atoms with Crippen LogP contribution in [0.2, 0.25) is 0 Å². The third-order valence-electron chi connectivity index (χ3n) is 2.48. The maximum Gasteiger partial charge on any atom is 0.0479 e. The van der Waals surface area contributed by atoms with Crippen LogP contribution in [0.15, 0.2) is 35.4 Å². The Morgan fingerprint density at radius 3 is 2.54 bits per heavy atom. The van der Waals surface area contributed by atoms with E-state index in [1.165, 1.54) is 11.3 Å². The second-order valence-corrected chi connectivity index (χ2v) is 3.54. The van der Waals surface area contributed by atoms with Gasteiger partial charge in [-0.25, -0.2) is 0 Å². The van der Waals surface area contributed by atoms with E-state index in [0.29, 0.717) is 5.92 Å². The van der Waals surface area contributed by atoms with Crippen molar-refractivity contribution in [1.29, 1.82) is 0 Å². The predicted molar refractivity (Wildman–Crippen MR) is 54.9 cm³/mol. The fourth-order valence-corrected chi connectivity index (χ4v) is 1.81. The Labute approximate surface area is 78.9 Å². The van der Waals surface area contributed by atoms with Crippen molar-refractivity contribution in [2.24, 2.45) is 5.10 Å². The molecule has 0 amide bonds. The standard InChI is InChI=1S/C11H14N2/c1-9-11(8-13(2)12-9)10-6-4-3-5-7-10/h3-7,11H,8H2,1-2H3. The Balaban J connectivity index is 2.25. The number of hydrogen-bond donors (Lipinski definition) is 0. The van der Waals surface area contributed by atoms with Crippen molar-refractivity contribution in [3.63, 3.8) is 0 Å². The summed E-state index contributed by atoms with van der Waals surface area (Å²) >= 11 is 0. The van der Waals surface area contributed by atoms with Crippen molar-refractivity contribution in [1.82, 2.24) is 5.01 Å². The lowest BCUT2D eigenvalue weighted by molar-refractivity contribution is 0.381. The summed E-state index contributed by atoms with van der Waals surface area (Å²) in [7, 11) is 2.02. The van der Waals surface area contributed by atoms with Gasteiger partial charge in [0.05, 0.1) is 0 Å². The summed E-state index contributed by atoms with van der Waals surface area (Å²) in [6, 6.07) is 10.6. The monoisotopic (exact) mass is 174 g/mol. The van der Waals surface area contributed by atoms with Crippen LogP contribution in [-0.2, 0) is 0 Å². The molecule has 1 unspecified atom stereocenters. The van der Waals surface area contributed by atoms with E-state index < -0.39 is 0 Å². The van der Waals surface area contributed by atoms with E-state index in [1.807, 2.05) is 12.1 Å². The van der Waals surface area contributed by atoms with E-state index in [1.54, 1.807) is 0 Å². The zero-order valence-corrected chi connectivity index (χ0v) is 8.07. The van der Waals surface area contributed by atoms with E-state index in [9.17, 15) is 0 Å². The van der Waals surface area contributed by atoms with Gasteiger partial charge >= 0.3 is 0 Å². The SMILES string of the molecule is CC1=NN(C)CC1c1ccccc1. The fraction of sp³-hybridized carbons (Fsp3) is 0.364. The predicted octanol–water partition coefficient (Wildman–Crippen LogP) is 2.09. The number of likely N-dealkylation sites (N-methyl/N-ethyl adjacent to an activating group) is 1. The van der Waals surface area contributed by atoms with Gasteiger partial charge < -0.3 is 0 Å². The minimum atomic E-state index is 0.492. The summed E-state index contributed by atoms with van der Waals surface area (Å²) in [5, 5.41) is 6.40. The normalized spacial score (nSPS) is 21.8. The highest BCUT2D eigenvalue weighted by Gasteiger charge is 2.22. The van der Waals surface area contributed by atoms with Gasteiger partial charge in [-0.3, -0.25) is 5.01 Å². The lowest BCUT2D eigenvalue weighted by Crippen LogP contribution is -2.13. The molecule has 0 aliphatic carbocycles. The molecule has 0 fully saturated rings. The molecule has 0 spiro atoms. The largest absolute Gasteiger partial charge is 0.299 e. The van der Waals surface area contributed by atoms with Crippen LogP contribution in [0.3, 0.4) is 0 Å². The second kappa shape index (κ2) is 3.21. The van der Waals surface area contributed by atoms with Crippen LogP contribution < -0.4 is 0 Å². The Hall–Kier alpha value is -1.31. The number of hydrogen-bond acceptors (Lipinski definition) is 2. The van der Waals surface area contributed by atoms with Crippen molar-refractivity contribution >= 4 is 5.71 Å². The number of benzene rings is 1. The molecule has 0 bridgehead atoms. The van der Waals surface area contributed by atoms with E-state index in [-0.39, 0.29) is 0 Å². The van der Waals surface area contributed by atoms with Crippen molar-refractivity contribution in [3.8, 4) is 0 Å². The molecule has 1 aromatic carbocycles. The van der Waals surface area contributed by atoms with Gasteiger partial charge in [0, 0.05) is 25.2 Å². The fourth-order valence-electron chi connectivity index (χ4n) is 1.81. The molecule has 0 saturated carbocycles. The van der Waals surface area contributed by atoms with Gasteiger partial charge in [0.2, 0.25) is 0 Å². The van der Waals surface area contributed by atoms with Crippen LogP contribution >= 0.6 is 0 Å².